The molecule has 64 valence electrons. The molecule has 0 fully saturated rings. The molecule has 0 aliphatic carbocycles. The monoisotopic (exact) mass is 169 g/mol. The third-order valence-electron chi connectivity index (χ3n) is 1.41. The van der Waals surface area contributed by atoms with Crippen molar-refractivity contribution in [2.45, 2.75) is 6.92 Å². The van der Waals surface area contributed by atoms with Gasteiger partial charge in [-0.3, -0.25) is 9.59 Å². The molecule has 5 nitrogen and oxygen atoms in total. The van der Waals surface area contributed by atoms with Gasteiger partial charge in [-0.1, -0.05) is 0 Å². The van der Waals surface area contributed by atoms with E-state index in [4.69, 9.17) is 5.11 Å². The molecule has 1 aromatic heterocycles. The van der Waals surface area contributed by atoms with E-state index in [1.165, 1.54) is 19.4 Å². The fraction of sp³-hybridized carbons (Fsp3) is 0.286. The number of rotatable bonds is 3. The highest BCUT2D eigenvalue weighted by molar-refractivity contribution is 6.05. The summed E-state index contributed by atoms with van der Waals surface area (Å²) >= 11 is 0. The number of carbonyl (C=O) groups is 2. The Kier molecular flexibility index (Phi) is 2.23. The van der Waals surface area contributed by atoms with E-state index in [2.05, 4.69) is 9.40 Å². The van der Waals surface area contributed by atoms with Crippen LogP contribution in [0.4, 0.5) is 0 Å². The second kappa shape index (κ2) is 3.17. The van der Waals surface area contributed by atoms with Gasteiger partial charge in [-0.2, -0.15) is 0 Å². The van der Waals surface area contributed by atoms with E-state index in [1.54, 1.807) is 0 Å². The highest BCUT2D eigenvalue weighted by Crippen LogP contribution is 2.05. The molecule has 0 aliphatic heterocycles. The number of hydrogen-bond acceptors (Lipinski definition) is 4. The lowest BCUT2D eigenvalue weighted by molar-refractivity contribution is -0.139. The Balaban J connectivity index is 2.79. The van der Waals surface area contributed by atoms with E-state index < -0.39 is 17.7 Å². The van der Waals surface area contributed by atoms with Crippen molar-refractivity contribution in [3.05, 3.63) is 18.4 Å². The first-order valence-corrected chi connectivity index (χ1v) is 3.29. The smallest absolute Gasteiger partial charge is 0.314 e. The Morgan fingerprint density at radius 1 is 1.67 bits per heavy atom. The maximum Gasteiger partial charge on any atom is 0.314 e. The van der Waals surface area contributed by atoms with Crippen LogP contribution in [-0.2, 0) is 4.79 Å². The molecule has 1 unspecified atom stereocenters. The Hall–Kier alpha value is -1.65. The minimum Gasteiger partial charge on any atom is -0.481 e. The summed E-state index contributed by atoms with van der Waals surface area (Å²) in [6.07, 6.45) is 2.52. The highest BCUT2D eigenvalue weighted by atomic mass is 16.4. The average molecular weight is 169 g/mol. The van der Waals surface area contributed by atoms with E-state index in [9.17, 15) is 9.59 Å². The normalized spacial score (nSPS) is 12.4. The number of ketones is 1. The second-order valence-electron chi connectivity index (χ2n) is 2.26. The summed E-state index contributed by atoms with van der Waals surface area (Å²) in [6, 6.07) is 0. The molecule has 0 saturated carbocycles. The van der Waals surface area contributed by atoms with Crippen LogP contribution < -0.4 is 0 Å². The van der Waals surface area contributed by atoms with Crippen molar-refractivity contribution >= 4 is 11.8 Å². The first-order valence-electron chi connectivity index (χ1n) is 3.29. The molecule has 0 amide bonds. The maximum atomic E-state index is 11.1. The Labute approximate surface area is 68.0 Å². The molecular weight excluding hydrogens is 162 g/mol. The number of Topliss-reactive ketones (excluding diaryl/α,β-unsaturated/α-hetero) is 1. The van der Waals surface area contributed by atoms with Crippen LogP contribution in [0.5, 0.6) is 0 Å². The van der Waals surface area contributed by atoms with Crippen LogP contribution in [0.1, 0.15) is 17.6 Å². The van der Waals surface area contributed by atoms with Crippen molar-refractivity contribution in [2.75, 3.05) is 0 Å². The largest absolute Gasteiger partial charge is 0.481 e. The van der Waals surface area contributed by atoms with E-state index in [0.29, 0.717) is 0 Å². The van der Waals surface area contributed by atoms with Crippen LogP contribution >= 0.6 is 0 Å². The van der Waals surface area contributed by atoms with Crippen molar-refractivity contribution < 1.29 is 19.1 Å². The van der Waals surface area contributed by atoms with Crippen molar-refractivity contribution in [3.8, 4) is 0 Å². The van der Waals surface area contributed by atoms with Crippen LogP contribution in [0.15, 0.2) is 16.9 Å². The minimum atomic E-state index is -1.18. The summed E-state index contributed by atoms with van der Waals surface area (Å²) < 4.78 is 4.64. The van der Waals surface area contributed by atoms with E-state index >= 15 is 0 Å². The highest BCUT2D eigenvalue weighted by Gasteiger charge is 2.25. The lowest BCUT2D eigenvalue weighted by Crippen LogP contribution is -2.20. The van der Waals surface area contributed by atoms with Crippen LogP contribution in [-0.4, -0.2) is 21.8 Å². The topological polar surface area (TPSA) is 80.4 Å². The molecule has 0 radical (unpaired) electrons. The summed E-state index contributed by atoms with van der Waals surface area (Å²) in [5.41, 5.74) is 0. The van der Waals surface area contributed by atoms with Crippen molar-refractivity contribution in [3.63, 3.8) is 0 Å². The lowest BCUT2D eigenvalue weighted by Gasteiger charge is -1.99. The molecule has 0 saturated heterocycles. The van der Waals surface area contributed by atoms with Gasteiger partial charge in [0, 0.05) is 0 Å². The van der Waals surface area contributed by atoms with E-state index in [1.807, 2.05) is 0 Å². The predicted molar refractivity (Wildman–Crippen MR) is 37.6 cm³/mol. The molecule has 0 aliphatic rings. The summed E-state index contributed by atoms with van der Waals surface area (Å²) in [5.74, 6) is -3.07. The number of oxazole rings is 1. The number of aliphatic carboxylic acids is 1. The molecular formula is C7H7NO4. The number of hydrogen-bond donors (Lipinski definition) is 1. The third kappa shape index (κ3) is 1.50. The number of aromatic nitrogens is 1. The zero-order chi connectivity index (χ0) is 9.14. The molecule has 0 aromatic carbocycles. The predicted octanol–water partition coefficient (Wildman–Crippen LogP) is 0.578. The molecule has 1 atom stereocenters. The van der Waals surface area contributed by atoms with E-state index in [-0.39, 0.29) is 5.89 Å². The first-order chi connectivity index (χ1) is 5.63. The van der Waals surface area contributed by atoms with Crippen molar-refractivity contribution in [1.29, 1.82) is 0 Å². The Bertz CT molecular complexity index is 290. The molecule has 1 N–H and O–H groups in total. The van der Waals surface area contributed by atoms with Gasteiger partial charge in [0.1, 0.15) is 12.2 Å². The quantitative estimate of drug-likeness (QED) is 0.528. The zero-order valence-electron chi connectivity index (χ0n) is 6.35. The number of carboxylic acids is 1. The summed E-state index contributed by atoms with van der Waals surface area (Å²) in [6.45, 7) is 1.29. The third-order valence-corrected chi connectivity index (χ3v) is 1.41. The van der Waals surface area contributed by atoms with Gasteiger partial charge in [-0.05, 0) is 6.92 Å². The molecule has 5 heteroatoms. The molecule has 12 heavy (non-hydrogen) atoms. The van der Waals surface area contributed by atoms with Gasteiger partial charge in [0.05, 0.1) is 6.20 Å². The fourth-order valence-corrected chi connectivity index (χ4v) is 0.642. The second-order valence-corrected chi connectivity index (χ2v) is 2.26. The lowest BCUT2D eigenvalue weighted by atomic mass is 10.1. The van der Waals surface area contributed by atoms with Gasteiger partial charge in [-0.15, -0.1) is 0 Å². The van der Waals surface area contributed by atoms with Gasteiger partial charge in [0.15, 0.2) is 0 Å². The number of carboxylic acid groups (broad SMARTS) is 1. The standard InChI is InChI=1S/C7H7NO4/c1-4(7(10)11)5(9)6-8-2-3-12-6/h2-4H,1H3,(H,10,11). The minimum absolute atomic E-state index is 0.162. The average Bonchev–Trinajstić information content (AvgIpc) is 2.53. The maximum absolute atomic E-state index is 11.1. The van der Waals surface area contributed by atoms with Gasteiger partial charge in [0.25, 0.3) is 5.89 Å². The summed E-state index contributed by atoms with van der Waals surface area (Å²) in [4.78, 5) is 25.0. The Morgan fingerprint density at radius 2 is 2.33 bits per heavy atom. The zero-order valence-corrected chi connectivity index (χ0v) is 6.35. The number of nitrogens with zero attached hydrogens (tertiary/aromatic N) is 1. The summed E-state index contributed by atoms with van der Waals surface area (Å²) in [5, 5.41) is 8.46. The van der Waals surface area contributed by atoms with Crippen LogP contribution in [0, 0.1) is 5.92 Å². The van der Waals surface area contributed by atoms with E-state index in [0.717, 1.165) is 0 Å². The molecule has 0 spiro atoms. The Morgan fingerprint density at radius 3 is 2.75 bits per heavy atom. The van der Waals surface area contributed by atoms with Gasteiger partial charge >= 0.3 is 5.97 Å². The van der Waals surface area contributed by atoms with Crippen LogP contribution in [0.3, 0.4) is 0 Å². The van der Waals surface area contributed by atoms with Crippen LogP contribution in [0.25, 0.3) is 0 Å². The molecule has 1 rings (SSSR count). The van der Waals surface area contributed by atoms with Crippen molar-refractivity contribution in [1.82, 2.24) is 4.98 Å². The summed E-state index contributed by atoms with van der Waals surface area (Å²) in [7, 11) is 0. The SMILES string of the molecule is CC(C(=O)O)C(=O)c1ncco1. The van der Waals surface area contributed by atoms with Gasteiger partial charge in [0.2, 0.25) is 5.78 Å². The fourth-order valence-electron chi connectivity index (χ4n) is 0.642. The molecule has 1 heterocycles. The van der Waals surface area contributed by atoms with Gasteiger partial charge in [-0.25, -0.2) is 4.98 Å². The number of carbonyl (C=O) groups excluding carboxylic acids is 1. The molecule has 1 aromatic rings. The molecule has 0 bridgehead atoms. The van der Waals surface area contributed by atoms with Crippen molar-refractivity contribution in [2.24, 2.45) is 5.92 Å². The van der Waals surface area contributed by atoms with Crippen LogP contribution in [0.2, 0.25) is 0 Å². The first kappa shape index (κ1) is 8.45. The van der Waals surface area contributed by atoms with Gasteiger partial charge < -0.3 is 9.52 Å².